The first kappa shape index (κ1) is 20.5. The van der Waals surface area contributed by atoms with Gasteiger partial charge in [0.1, 0.15) is 0 Å². The maximum atomic E-state index is 12.8. The van der Waals surface area contributed by atoms with Gasteiger partial charge in [0.25, 0.3) is 5.69 Å². The number of non-ortho nitro benzene ring substituents is 1. The molecule has 0 spiro atoms. The minimum atomic E-state index is -0.566. The molecule has 0 saturated carbocycles. The van der Waals surface area contributed by atoms with Crippen molar-refractivity contribution in [2.75, 3.05) is 11.5 Å². The van der Waals surface area contributed by atoms with Gasteiger partial charge in [-0.25, -0.2) is 4.79 Å². The topological polar surface area (TPSA) is 84.7 Å². The Labute approximate surface area is 174 Å². The van der Waals surface area contributed by atoms with Gasteiger partial charge in [-0.15, -0.1) is 0 Å². The molecule has 2 aromatic carbocycles. The standard InChI is InChI=1S/C21H21N3O4S/c1-4-28-20(25)18-14(3)23(17-7-5-6-13(2)12-17)21(29)22-19(18)15-8-10-16(11-9-15)24(26)27/h5-12,19H,4H2,1-3H3,(H,22,29)/t19-/m0/s1. The average molecular weight is 411 g/mol. The van der Waals surface area contributed by atoms with Crippen LogP contribution in [0.25, 0.3) is 0 Å². The molecular weight excluding hydrogens is 390 g/mol. The van der Waals surface area contributed by atoms with Crippen LogP contribution in [0.4, 0.5) is 11.4 Å². The molecule has 1 N–H and O–H groups in total. The molecule has 0 aromatic heterocycles. The predicted molar refractivity (Wildman–Crippen MR) is 115 cm³/mol. The van der Waals surface area contributed by atoms with E-state index in [0.29, 0.717) is 21.9 Å². The Morgan fingerprint density at radius 3 is 2.52 bits per heavy atom. The molecule has 0 saturated heterocycles. The number of rotatable bonds is 5. The number of hydrogen-bond donors (Lipinski definition) is 1. The molecule has 2 aromatic rings. The van der Waals surface area contributed by atoms with Crippen molar-refractivity contribution >= 4 is 34.7 Å². The monoisotopic (exact) mass is 411 g/mol. The van der Waals surface area contributed by atoms with Crippen molar-refractivity contribution < 1.29 is 14.5 Å². The lowest BCUT2D eigenvalue weighted by molar-refractivity contribution is -0.384. The fourth-order valence-electron chi connectivity index (χ4n) is 3.33. The van der Waals surface area contributed by atoms with E-state index in [0.717, 1.165) is 11.3 Å². The Bertz CT molecular complexity index is 1000. The van der Waals surface area contributed by atoms with Gasteiger partial charge in [-0.2, -0.15) is 0 Å². The van der Waals surface area contributed by atoms with Crippen LogP contribution in [0.2, 0.25) is 0 Å². The number of carbonyl (C=O) groups excluding carboxylic acids is 1. The third kappa shape index (κ3) is 4.12. The number of nitrogens with one attached hydrogen (secondary N) is 1. The van der Waals surface area contributed by atoms with Crippen LogP contribution in [-0.4, -0.2) is 22.6 Å². The molecule has 0 aliphatic carbocycles. The quantitative estimate of drug-likeness (QED) is 0.342. The van der Waals surface area contributed by atoms with E-state index in [4.69, 9.17) is 17.0 Å². The Morgan fingerprint density at radius 2 is 1.93 bits per heavy atom. The summed E-state index contributed by atoms with van der Waals surface area (Å²) in [4.78, 5) is 25.1. The highest BCUT2D eigenvalue weighted by Crippen LogP contribution is 2.35. The Morgan fingerprint density at radius 1 is 1.24 bits per heavy atom. The smallest absolute Gasteiger partial charge is 0.338 e. The molecule has 1 aliphatic heterocycles. The summed E-state index contributed by atoms with van der Waals surface area (Å²) in [6.45, 7) is 5.78. The number of carbonyl (C=O) groups is 1. The summed E-state index contributed by atoms with van der Waals surface area (Å²) in [7, 11) is 0. The van der Waals surface area contributed by atoms with Gasteiger partial charge in [-0.3, -0.25) is 15.0 Å². The molecule has 29 heavy (non-hydrogen) atoms. The fraction of sp³-hybridized carbons (Fsp3) is 0.238. The third-order valence-electron chi connectivity index (χ3n) is 4.68. The predicted octanol–water partition coefficient (Wildman–Crippen LogP) is 4.18. The van der Waals surface area contributed by atoms with E-state index in [-0.39, 0.29) is 12.3 Å². The number of anilines is 1. The maximum Gasteiger partial charge on any atom is 0.338 e. The molecule has 7 nitrogen and oxygen atoms in total. The van der Waals surface area contributed by atoms with Gasteiger partial charge in [0, 0.05) is 23.5 Å². The molecule has 0 amide bonds. The lowest BCUT2D eigenvalue weighted by Crippen LogP contribution is -2.48. The zero-order valence-corrected chi connectivity index (χ0v) is 17.2. The van der Waals surface area contributed by atoms with E-state index >= 15 is 0 Å². The summed E-state index contributed by atoms with van der Waals surface area (Å²) in [5.74, 6) is -0.457. The van der Waals surface area contributed by atoms with Crippen molar-refractivity contribution in [3.8, 4) is 0 Å². The van der Waals surface area contributed by atoms with E-state index < -0.39 is 16.9 Å². The number of thiocarbonyl (C=S) groups is 1. The summed E-state index contributed by atoms with van der Waals surface area (Å²) < 4.78 is 5.29. The van der Waals surface area contributed by atoms with Crippen LogP contribution >= 0.6 is 12.2 Å². The number of nitro benzene ring substituents is 1. The van der Waals surface area contributed by atoms with E-state index in [1.54, 1.807) is 24.0 Å². The number of nitrogens with zero attached hydrogens (tertiary/aromatic N) is 2. The first-order valence-corrected chi connectivity index (χ1v) is 9.53. The minimum absolute atomic E-state index is 0.0214. The van der Waals surface area contributed by atoms with E-state index in [1.165, 1.54) is 12.1 Å². The fourth-order valence-corrected chi connectivity index (χ4v) is 3.69. The van der Waals surface area contributed by atoms with Crippen molar-refractivity contribution in [1.29, 1.82) is 0 Å². The lowest BCUT2D eigenvalue weighted by Gasteiger charge is -2.37. The summed E-state index contributed by atoms with van der Waals surface area (Å²) in [6.07, 6.45) is 0. The number of benzene rings is 2. The van der Waals surface area contributed by atoms with Crippen LogP contribution in [0, 0.1) is 17.0 Å². The van der Waals surface area contributed by atoms with E-state index in [9.17, 15) is 14.9 Å². The highest BCUT2D eigenvalue weighted by atomic mass is 32.1. The molecule has 0 radical (unpaired) electrons. The highest BCUT2D eigenvalue weighted by molar-refractivity contribution is 7.80. The lowest BCUT2D eigenvalue weighted by atomic mass is 9.94. The zero-order chi connectivity index (χ0) is 21.1. The van der Waals surface area contributed by atoms with Gasteiger partial charge < -0.3 is 10.1 Å². The molecule has 8 heteroatoms. The molecule has 0 fully saturated rings. The first-order chi connectivity index (χ1) is 13.8. The molecule has 1 heterocycles. The van der Waals surface area contributed by atoms with Crippen LogP contribution in [0.1, 0.15) is 31.0 Å². The first-order valence-electron chi connectivity index (χ1n) is 9.13. The highest BCUT2D eigenvalue weighted by Gasteiger charge is 2.35. The minimum Gasteiger partial charge on any atom is -0.463 e. The van der Waals surface area contributed by atoms with Gasteiger partial charge in [0.15, 0.2) is 5.11 Å². The molecule has 0 unspecified atom stereocenters. The van der Waals surface area contributed by atoms with Crippen LogP contribution in [0.15, 0.2) is 59.8 Å². The van der Waals surface area contributed by atoms with Crippen LogP contribution in [-0.2, 0) is 9.53 Å². The van der Waals surface area contributed by atoms with Crippen molar-refractivity contribution in [3.05, 3.63) is 81.0 Å². The van der Waals surface area contributed by atoms with Crippen LogP contribution in [0.3, 0.4) is 0 Å². The molecule has 0 bridgehead atoms. The number of ether oxygens (including phenoxy) is 1. The normalized spacial score (nSPS) is 16.4. The van der Waals surface area contributed by atoms with Crippen molar-refractivity contribution in [2.45, 2.75) is 26.8 Å². The third-order valence-corrected chi connectivity index (χ3v) is 4.98. The Kier molecular flexibility index (Phi) is 5.93. The molecule has 1 aliphatic rings. The Hall–Kier alpha value is -3.26. The Balaban J connectivity index is 2.11. The second-order valence-corrected chi connectivity index (χ2v) is 7.01. The molecule has 1 atom stereocenters. The molecule has 150 valence electrons. The van der Waals surface area contributed by atoms with Crippen LogP contribution in [0.5, 0.6) is 0 Å². The zero-order valence-electron chi connectivity index (χ0n) is 16.3. The van der Waals surface area contributed by atoms with Gasteiger partial charge in [0.2, 0.25) is 0 Å². The summed E-state index contributed by atoms with van der Waals surface area (Å²) in [5.41, 5.74) is 3.63. The number of esters is 1. The van der Waals surface area contributed by atoms with Crippen LogP contribution < -0.4 is 10.2 Å². The van der Waals surface area contributed by atoms with Gasteiger partial charge >= 0.3 is 5.97 Å². The molecule has 3 rings (SSSR count). The van der Waals surface area contributed by atoms with Gasteiger partial charge in [0.05, 0.1) is 23.1 Å². The van der Waals surface area contributed by atoms with Gasteiger partial charge in [-0.05, 0) is 68.4 Å². The van der Waals surface area contributed by atoms with Crippen molar-refractivity contribution in [2.24, 2.45) is 0 Å². The van der Waals surface area contributed by atoms with E-state index in [2.05, 4.69) is 5.32 Å². The molecular formula is C21H21N3O4S. The number of aryl methyl sites for hydroxylation is 1. The summed E-state index contributed by atoms with van der Waals surface area (Å²) >= 11 is 5.60. The largest absolute Gasteiger partial charge is 0.463 e. The number of nitro groups is 1. The SMILES string of the molecule is CCOC(=O)C1=C(C)N(c2cccc(C)c2)C(=S)N[C@H]1c1ccc([N+](=O)[O-])cc1. The summed E-state index contributed by atoms with van der Waals surface area (Å²) in [5, 5.41) is 14.6. The van der Waals surface area contributed by atoms with Crippen molar-refractivity contribution in [1.82, 2.24) is 5.32 Å². The van der Waals surface area contributed by atoms with Crippen molar-refractivity contribution in [3.63, 3.8) is 0 Å². The van der Waals surface area contributed by atoms with Gasteiger partial charge in [-0.1, -0.05) is 12.1 Å². The summed E-state index contributed by atoms with van der Waals surface area (Å²) in [6, 6.07) is 13.3. The average Bonchev–Trinajstić information content (AvgIpc) is 2.67. The number of allylic oxidation sites excluding steroid dienone is 1. The maximum absolute atomic E-state index is 12.8. The number of hydrogen-bond acceptors (Lipinski definition) is 5. The second-order valence-electron chi connectivity index (χ2n) is 6.63. The second kappa shape index (κ2) is 8.40. The van der Waals surface area contributed by atoms with E-state index in [1.807, 2.05) is 38.1 Å².